The van der Waals surface area contributed by atoms with E-state index in [9.17, 15) is 5.11 Å². The zero-order valence-electron chi connectivity index (χ0n) is 10.4. The van der Waals surface area contributed by atoms with Crippen molar-refractivity contribution in [1.29, 1.82) is 0 Å². The Morgan fingerprint density at radius 2 is 1.90 bits per heavy atom. The van der Waals surface area contributed by atoms with Gasteiger partial charge in [0, 0.05) is 32.1 Å². The third-order valence-corrected chi connectivity index (χ3v) is 4.46. The molecule has 0 fully saturated rings. The van der Waals surface area contributed by atoms with Gasteiger partial charge in [0.25, 0.3) is 0 Å². The van der Waals surface area contributed by atoms with Crippen LogP contribution in [0.3, 0.4) is 0 Å². The highest BCUT2D eigenvalue weighted by Crippen LogP contribution is 2.42. The standard InChI is InChI=1S/C15H11BrCl2O2/c16-9-6-8-4-5-20-15(8)10(7-9)14(19)13-11(17)2-1-3-12(13)18/h1-3,6-7,14,19H,4-5H2. The molecule has 1 aliphatic heterocycles. The molecule has 0 saturated heterocycles. The van der Waals surface area contributed by atoms with E-state index in [0.717, 1.165) is 22.2 Å². The highest BCUT2D eigenvalue weighted by Gasteiger charge is 2.25. The third kappa shape index (κ3) is 2.44. The van der Waals surface area contributed by atoms with Crippen molar-refractivity contribution < 1.29 is 9.84 Å². The van der Waals surface area contributed by atoms with Crippen LogP contribution in [0.25, 0.3) is 0 Å². The lowest BCUT2D eigenvalue weighted by Crippen LogP contribution is -2.04. The Bertz CT molecular complexity index is 653. The predicted octanol–water partition coefficient (Wildman–Crippen LogP) is 4.77. The SMILES string of the molecule is OC(c1cc(Br)cc2c1OCC2)c1c(Cl)cccc1Cl. The molecule has 0 aliphatic carbocycles. The van der Waals surface area contributed by atoms with Gasteiger partial charge in [-0.15, -0.1) is 0 Å². The van der Waals surface area contributed by atoms with E-state index in [1.807, 2.05) is 12.1 Å². The molecule has 0 spiro atoms. The van der Waals surface area contributed by atoms with Gasteiger partial charge in [0.1, 0.15) is 11.9 Å². The molecule has 1 aliphatic rings. The van der Waals surface area contributed by atoms with Gasteiger partial charge in [0.2, 0.25) is 0 Å². The minimum Gasteiger partial charge on any atom is -0.493 e. The number of rotatable bonds is 2. The Hall–Kier alpha value is -0.740. The maximum Gasteiger partial charge on any atom is 0.128 e. The molecule has 20 heavy (non-hydrogen) atoms. The Morgan fingerprint density at radius 3 is 2.60 bits per heavy atom. The molecule has 0 radical (unpaired) electrons. The average Bonchev–Trinajstić information content (AvgIpc) is 2.85. The number of ether oxygens (including phenoxy) is 1. The normalized spacial score (nSPS) is 14.8. The van der Waals surface area contributed by atoms with Crippen molar-refractivity contribution in [3.63, 3.8) is 0 Å². The Balaban J connectivity index is 2.14. The zero-order chi connectivity index (χ0) is 14.3. The number of fused-ring (bicyclic) bond motifs is 1. The third-order valence-electron chi connectivity index (χ3n) is 3.34. The van der Waals surface area contributed by atoms with Crippen LogP contribution in [-0.4, -0.2) is 11.7 Å². The number of halogens is 3. The maximum atomic E-state index is 10.7. The van der Waals surface area contributed by atoms with E-state index in [-0.39, 0.29) is 0 Å². The fourth-order valence-electron chi connectivity index (χ4n) is 2.43. The smallest absolute Gasteiger partial charge is 0.128 e. The van der Waals surface area contributed by atoms with Crippen LogP contribution in [0.15, 0.2) is 34.8 Å². The molecule has 2 aromatic carbocycles. The zero-order valence-corrected chi connectivity index (χ0v) is 13.5. The molecule has 1 atom stereocenters. The molecule has 0 saturated carbocycles. The summed E-state index contributed by atoms with van der Waals surface area (Å²) in [4.78, 5) is 0. The van der Waals surface area contributed by atoms with Gasteiger partial charge in [-0.1, -0.05) is 45.2 Å². The van der Waals surface area contributed by atoms with Crippen molar-refractivity contribution in [2.75, 3.05) is 6.61 Å². The van der Waals surface area contributed by atoms with Crippen molar-refractivity contribution in [3.8, 4) is 5.75 Å². The molecule has 1 heterocycles. The molecule has 2 aromatic rings. The van der Waals surface area contributed by atoms with Gasteiger partial charge in [-0.3, -0.25) is 0 Å². The molecule has 104 valence electrons. The molecule has 1 unspecified atom stereocenters. The largest absolute Gasteiger partial charge is 0.493 e. The van der Waals surface area contributed by atoms with E-state index < -0.39 is 6.10 Å². The molecule has 1 N–H and O–H groups in total. The Labute approximate surface area is 135 Å². The van der Waals surface area contributed by atoms with E-state index in [0.29, 0.717) is 27.8 Å². The molecule has 0 aromatic heterocycles. The number of hydrogen-bond donors (Lipinski definition) is 1. The first kappa shape index (κ1) is 14.2. The van der Waals surface area contributed by atoms with Crippen LogP contribution >= 0.6 is 39.1 Å². The lowest BCUT2D eigenvalue weighted by molar-refractivity contribution is 0.214. The average molecular weight is 374 g/mol. The van der Waals surface area contributed by atoms with Crippen LogP contribution in [0.1, 0.15) is 22.8 Å². The summed E-state index contributed by atoms with van der Waals surface area (Å²) < 4.78 is 6.54. The van der Waals surface area contributed by atoms with Crippen LogP contribution in [0, 0.1) is 0 Å². The van der Waals surface area contributed by atoms with Crippen LogP contribution in [0.2, 0.25) is 10.0 Å². The molecular formula is C15H11BrCl2O2. The van der Waals surface area contributed by atoms with Gasteiger partial charge in [0.05, 0.1) is 6.61 Å². The first-order valence-corrected chi connectivity index (χ1v) is 7.70. The van der Waals surface area contributed by atoms with Crippen LogP contribution < -0.4 is 4.74 Å². The number of aliphatic hydroxyl groups is 1. The van der Waals surface area contributed by atoms with Crippen LogP contribution in [0.5, 0.6) is 5.75 Å². The van der Waals surface area contributed by atoms with Crippen molar-refractivity contribution >= 4 is 39.1 Å². The summed E-state index contributed by atoms with van der Waals surface area (Å²) in [5.41, 5.74) is 2.27. The summed E-state index contributed by atoms with van der Waals surface area (Å²) in [6, 6.07) is 9.03. The second-order valence-electron chi connectivity index (χ2n) is 4.62. The molecule has 5 heteroatoms. The quantitative estimate of drug-likeness (QED) is 0.821. The summed E-state index contributed by atoms with van der Waals surface area (Å²) in [6.07, 6.45) is -0.0781. The molecule has 2 nitrogen and oxygen atoms in total. The second kappa shape index (κ2) is 5.57. The van der Waals surface area contributed by atoms with Crippen molar-refractivity contribution in [1.82, 2.24) is 0 Å². The van der Waals surface area contributed by atoms with Crippen molar-refractivity contribution in [3.05, 3.63) is 61.5 Å². The Morgan fingerprint density at radius 1 is 1.20 bits per heavy atom. The second-order valence-corrected chi connectivity index (χ2v) is 6.35. The van der Waals surface area contributed by atoms with Gasteiger partial charge >= 0.3 is 0 Å². The van der Waals surface area contributed by atoms with E-state index >= 15 is 0 Å². The van der Waals surface area contributed by atoms with Crippen LogP contribution in [-0.2, 0) is 6.42 Å². The minimum absolute atomic E-state index is 0.441. The van der Waals surface area contributed by atoms with E-state index in [2.05, 4.69) is 15.9 Å². The molecule has 0 amide bonds. The lowest BCUT2D eigenvalue weighted by Gasteiger charge is -2.18. The maximum absolute atomic E-state index is 10.7. The number of benzene rings is 2. The lowest BCUT2D eigenvalue weighted by atomic mass is 9.98. The van der Waals surface area contributed by atoms with Gasteiger partial charge in [0.15, 0.2) is 0 Å². The first-order valence-electron chi connectivity index (χ1n) is 6.15. The van der Waals surface area contributed by atoms with Crippen LogP contribution in [0.4, 0.5) is 0 Å². The highest BCUT2D eigenvalue weighted by atomic mass is 79.9. The van der Waals surface area contributed by atoms with E-state index in [4.69, 9.17) is 27.9 Å². The first-order chi connectivity index (χ1) is 9.58. The summed E-state index contributed by atoms with van der Waals surface area (Å²) in [6.45, 7) is 0.627. The molecule has 0 bridgehead atoms. The topological polar surface area (TPSA) is 29.5 Å². The summed E-state index contributed by atoms with van der Waals surface area (Å²) >= 11 is 15.8. The summed E-state index contributed by atoms with van der Waals surface area (Å²) in [5, 5.41) is 11.6. The fourth-order valence-corrected chi connectivity index (χ4v) is 3.56. The monoisotopic (exact) mass is 372 g/mol. The van der Waals surface area contributed by atoms with Crippen molar-refractivity contribution in [2.24, 2.45) is 0 Å². The van der Waals surface area contributed by atoms with Gasteiger partial charge < -0.3 is 9.84 Å². The summed E-state index contributed by atoms with van der Waals surface area (Å²) in [5.74, 6) is 0.733. The van der Waals surface area contributed by atoms with E-state index in [1.165, 1.54) is 0 Å². The molecular weight excluding hydrogens is 363 g/mol. The predicted molar refractivity (Wildman–Crippen MR) is 83.9 cm³/mol. The highest BCUT2D eigenvalue weighted by molar-refractivity contribution is 9.10. The summed E-state index contributed by atoms with van der Waals surface area (Å²) in [7, 11) is 0. The number of aliphatic hydroxyl groups excluding tert-OH is 1. The fraction of sp³-hybridized carbons (Fsp3) is 0.200. The van der Waals surface area contributed by atoms with Gasteiger partial charge in [-0.2, -0.15) is 0 Å². The van der Waals surface area contributed by atoms with Gasteiger partial charge in [-0.25, -0.2) is 0 Å². The minimum atomic E-state index is -0.916. The van der Waals surface area contributed by atoms with E-state index in [1.54, 1.807) is 18.2 Å². The van der Waals surface area contributed by atoms with Crippen molar-refractivity contribution in [2.45, 2.75) is 12.5 Å². The molecule has 3 rings (SSSR count). The Kier molecular flexibility index (Phi) is 3.95. The van der Waals surface area contributed by atoms with Gasteiger partial charge in [-0.05, 0) is 29.8 Å². The number of hydrogen-bond acceptors (Lipinski definition) is 2.